The Labute approximate surface area is 164 Å². The lowest BCUT2D eigenvalue weighted by molar-refractivity contribution is 1.15. The van der Waals surface area contributed by atoms with Gasteiger partial charge in [-0.25, -0.2) is 9.97 Å². The Kier molecular flexibility index (Phi) is 2.96. The molecule has 0 spiro atoms. The van der Waals surface area contributed by atoms with Crippen LogP contribution in [0.5, 0.6) is 0 Å². The second kappa shape index (κ2) is 5.51. The lowest BCUT2D eigenvalue weighted by atomic mass is 10.0. The minimum Gasteiger partial charge on any atom is -0.292 e. The maximum Gasteiger partial charge on any atom is 0.179 e. The maximum absolute atomic E-state index is 9.49. The third-order valence-corrected chi connectivity index (χ3v) is 5.43. The van der Waals surface area contributed by atoms with Crippen LogP contribution < -0.4 is 0 Å². The monoisotopic (exact) mass is 369 g/mol. The van der Waals surface area contributed by atoms with Gasteiger partial charge in [-0.1, -0.05) is 42.5 Å². The molecule has 6 aromatic rings. The van der Waals surface area contributed by atoms with Crippen LogP contribution in [0.4, 0.5) is 0 Å². The quantitative estimate of drug-likeness (QED) is 0.276. The van der Waals surface area contributed by atoms with Crippen LogP contribution in [-0.4, -0.2) is 14.4 Å². The number of hydrogen-bond acceptors (Lipinski definition) is 4. The van der Waals surface area contributed by atoms with E-state index in [0.717, 1.165) is 38.0 Å². The molecule has 0 radical (unpaired) electrons. The summed E-state index contributed by atoms with van der Waals surface area (Å²) in [4.78, 5) is 9.13. The van der Waals surface area contributed by atoms with Gasteiger partial charge < -0.3 is 0 Å². The molecule has 0 N–H and O–H groups in total. The van der Waals surface area contributed by atoms with Crippen molar-refractivity contribution < 1.29 is 0 Å². The van der Waals surface area contributed by atoms with Gasteiger partial charge in [0, 0.05) is 16.2 Å². The highest BCUT2D eigenvalue weighted by atomic mass is 15.0. The molecule has 5 nitrogen and oxygen atoms in total. The van der Waals surface area contributed by atoms with Crippen LogP contribution in [0.25, 0.3) is 49.1 Å². The van der Waals surface area contributed by atoms with Gasteiger partial charge in [0.15, 0.2) is 17.0 Å². The smallest absolute Gasteiger partial charge is 0.179 e. The summed E-state index contributed by atoms with van der Waals surface area (Å²) in [6.07, 6.45) is 0. The minimum atomic E-state index is 0.0409. The molecule has 0 aliphatic carbocycles. The molecular weight excluding hydrogens is 358 g/mol. The SMILES string of the molecule is N#Cc1nc2c3cc4ccccc4cc3c3cc4ccccc4n3c2nc1C#N. The number of para-hydroxylation sites is 1. The molecule has 0 saturated heterocycles. The molecule has 3 aromatic carbocycles. The van der Waals surface area contributed by atoms with Gasteiger partial charge in [-0.2, -0.15) is 10.5 Å². The Balaban J connectivity index is 2.00. The van der Waals surface area contributed by atoms with Gasteiger partial charge in [-0.05, 0) is 35.0 Å². The highest BCUT2D eigenvalue weighted by molar-refractivity contribution is 6.17. The molecular formula is C24H11N5. The molecule has 3 heterocycles. The van der Waals surface area contributed by atoms with Crippen molar-refractivity contribution in [3.63, 3.8) is 0 Å². The standard InChI is InChI=1S/C24H11N5/c25-12-19-20(13-26)28-24-23(27-19)18-10-15-6-2-1-5-14(15)9-17(18)22-11-16-7-3-4-8-21(16)29(22)24/h1-11H. The summed E-state index contributed by atoms with van der Waals surface area (Å²) in [5.74, 6) is 0. The molecule has 0 unspecified atom stereocenters. The van der Waals surface area contributed by atoms with E-state index in [1.165, 1.54) is 0 Å². The first-order valence-electron chi connectivity index (χ1n) is 9.15. The number of benzene rings is 3. The summed E-state index contributed by atoms with van der Waals surface area (Å²) >= 11 is 0. The second-order valence-corrected chi connectivity index (χ2v) is 6.99. The topological polar surface area (TPSA) is 77.8 Å². The second-order valence-electron chi connectivity index (χ2n) is 6.99. The van der Waals surface area contributed by atoms with Gasteiger partial charge in [0.05, 0.1) is 11.0 Å². The van der Waals surface area contributed by atoms with Crippen molar-refractivity contribution in [2.75, 3.05) is 0 Å². The zero-order valence-corrected chi connectivity index (χ0v) is 15.1. The van der Waals surface area contributed by atoms with E-state index in [4.69, 9.17) is 0 Å². The highest BCUT2D eigenvalue weighted by Gasteiger charge is 2.17. The largest absolute Gasteiger partial charge is 0.292 e. The molecule has 132 valence electrons. The maximum atomic E-state index is 9.49. The molecule has 0 bridgehead atoms. The van der Waals surface area contributed by atoms with Crippen LogP contribution >= 0.6 is 0 Å². The van der Waals surface area contributed by atoms with Gasteiger partial charge in [0.25, 0.3) is 0 Å². The summed E-state index contributed by atoms with van der Waals surface area (Å²) in [6.45, 7) is 0. The molecule has 29 heavy (non-hydrogen) atoms. The average molecular weight is 369 g/mol. The third kappa shape index (κ3) is 2.02. The van der Waals surface area contributed by atoms with Gasteiger partial charge in [-0.3, -0.25) is 4.40 Å². The van der Waals surface area contributed by atoms with Crippen molar-refractivity contribution in [2.45, 2.75) is 0 Å². The van der Waals surface area contributed by atoms with Gasteiger partial charge in [0.2, 0.25) is 0 Å². The molecule has 0 aliphatic heterocycles. The molecule has 0 aliphatic rings. The molecule has 0 saturated carbocycles. The van der Waals surface area contributed by atoms with Crippen LogP contribution in [0.15, 0.2) is 66.7 Å². The zero-order valence-electron chi connectivity index (χ0n) is 15.1. The van der Waals surface area contributed by atoms with E-state index in [2.05, 4.69) is 46.4 Å². The van der Waals surface area contributed by atoms with Gasteiger partial charge in [0.1, 0.15) is 17.7 Å². The first kappa shape index (κ1) is 15.6. The first-order chi connectivity index (χ1) is 14.3. The van der Waals surface area contributed by atoms with Crippen LogP contribution in [-0.2, 0) is 0 Å². The van der Waals surface area contributed by atoms with Crippen molar-refractivity contribution in [1.82, 2.24) is 14.4 Å². The summed E-state index contributed by atoms with van der Waals surface area (Å²) in [7, 11) is 0. The van der Waals surface area contributed by atoms with Crippen LogP contribution in [0.3, 0.4) is 0 Å². The van der Waals surface area contributed by atoms with Crippen LogP contribution in [0.1, 0.15) is 11.4 Å². The van der Waals surface area contributed by atoms with Crippen LogP contribution in [0.2, 0.25) is 0 Å². The fraction of sp³-hybridized carbons (Fsp3) is 0. The molecule has 0 fully saturated rings. The number of aromatic nitrogens is 3. The predicted octanol–water partition coefficient (Wildman–Crippen LogP) is 5.09. The summed E-state index contributed by atoms with van der Waals surface area (Å²) in [5, 5.41) is 24.2. The Morgan fingerprint density at radius 3 is 2.00 bits per heavy atom. The third-order valence-electron chi connectivity index (χ3n) is 5.43. The van der Waals surface area contributed by atoms with Crippen molar-refractivity contribution >= 4 is 49.1 Å². The zero-order chi connectivity index (χ0) is 19.5. The number of rotatable bonds is 0. The first-order valence-corrected chi connectivity index (χ1v) is 9.15. The van der Waals surface area contributed by atoms with Gasteiger partial charge >= 0.3 is 0 Å². The van der Waals surface area contributed by atoms with E-state index in [1.807, 2.05) is 46.9 Å². The van der Waals surface area contributed by atoms with Crippen molar-refractivity contribution in [1.29, 1.82) is 10.5 Å². The Morgan fingerprint density at radius 2 is 1.28 bits per heavy atom. The normalized spacial score (nSPS) is 11.4. The Bertz CT molecular complexity index is 1730. The Morgan fingerprint density at radius 1 is 0.655 bits per heavy atom. The van der Waals surface area contributed by atoms with E-state index in [1.54, 1.807) is 0 Å². The lowest BCUT2D eigenvalue weighted by Gasteiger charge is -2.11. The molecule has 3 aromatic heterocycles. The fourth-order valence-corrected chi connectivity index (χ4v) is 4.15. The molecule has 0 amide bonds. The summed E-state index contributed by atoms with van der Waals surface area (Å²) in [6, 6.07) is 26.6. The fourth-order valence-electron chi connectivity index (χ4n) is 4.15. The number of nitriles is 2. The van der Waals surface area contributed by atoms with Crippen molar-refractivity contribution in [3.05, 3.63) is 78.1 Å². The number of fused-ring (bicyclic) bond motifs is 9. The number of hydrogen-bond donors (Lipinski definition) is 0. The van der Waals surface area contributed by atoms with E-state index in [9.17, 15) is 10.5 Å². The number of pyridine rings is 1. The molecule has 0 atom stereocenters. The van der Waals surface area contributed by atoms with E-state index in [0.29, 0.717) is 11.2 Å². The van der Waals surface area contributed by atoms with E-state index < -0.39 is 0 Å². The minimum absolute atomic E-state index is 0.0409. The highest BCUT2D eigenvalue weighted by Crippen LogP contribution is 2.35. The van der Waals surface area contributed by atoms with Crippen LogP contribution in [0, 0.1) is 22.7 Å². The van der Waals surface area contributed by atoms with Crippen molar-refractivity contribution in [2.24, 2.45) is 0 Å². The number of nitrogens with zero attached hydrogens (tertiary/aromatic N) is 5. The summed E-state index contributed by atoms with van der Waals surface area (Å²) < 4.78 is 2.04. The van der Waals surface area contributed by atoms with E-state index >= 15 is 0 Å². The molecule has 5 heteroatoms. The van der Waals surface area contributed by atoms with Gasteiger partial charge in [-0.15, -0.1) is 0 Å². The van der Waals surface area contributed by atoms with E-state index in [-0.39, 0.29) is 11.4 Å². The molecule has 6 rings (SSSR count). The Hall–Kier alpha value is -4.48. The average Bonchev–Trinajstić information content (AvgIpc) is 3.17. The predicted molar refractivity (Wildman–Crippen MR) is 112 cm³/mol. The lowest BCUT2D eigenvalue weighted by Crippen LogP contribution is -2.01. The van der Waals surface area contributed by atoms with Crippen molar-refractivity contribution in [3.8, 4) is 12.1 Å². The summed E-state index contributed by atoms with van der Waals surface area (Å²) in [5.41, 5.74) is 3.28.